The van der Waals surface area contributed by atoms with E-state index in [0.29, 0.717) is 11.1 Å². The molecule has 0 spiro atoms. The first kappa shape index (κ1) is 71.4. The Hall–Kier alpha value is -6.86. The zero-order valence-electron chi connectivity index (χ0n) is 52.9. The average Bonchev–Trinajstić information content (AvgIpc) is 3.36. The highest BCUT2D eigenvalue weighted by atomic mass is 16.2. The molecule has 468 valence electrons. The van der Waals surface area contributed by atoms with Crippen molar-refractivity contribution in [2.24, 2.45) is 47.3 Å². The highest BCUT2D eigenvalue weighted by Gasteiger charge is 2.39. The maximum Gasteiger partial charge on any atom is 0.243 e. The molecule has 10 N–H and O–H groups in total. The van der Waals surface area contributed by atoms with Crippen LogP contribution >= 0.6 is 0 Å². The van der Waals surface area contributed by atoms with Gasteiger partial charge in [0.25, 0.3) is 0 Å². The van der Waals surface area contributed by atoms with Gasteiger partial charge in [-0.25, -0.2) is 0 Å². The predicted octanol–water partition coefficient (Wildman–Crippen LogP) is 4.92. The Bertz CT molecular complexity index is 2310. The average molecular weight is 1170 g/mol. The van der Waals surface area contributed by atoms with Crippen molar-refractivity contribution in [3.8, 4) is 0 Å². The van der Waals surface area contributed by atoms with E-state index >= 15 is 0 Å². The Labute approximate surface area is 500 Å². The van der Waals surface area contributed by atoms with Crippen LogP contribution in [-0.4, -0.2) is 119 Å². The quantitative estimate of drug-likeness (QED) is 0.0961. The molecule has 2 aromatic rings. The molecular formula is C64H102N10O10. The van der Waals surface area contributed by atoms with E-state index in [1.807, 2.05) is 95.2 Å². The molecule has 0 bridgehead atoms. The lowest BCUT2D eigenvalue weighted by molar-refractivity contribution is -0.137. The fraction of sp³-hybridized carbons (Fsp3) is 0.656. The van der Waals surface area contributed by atoms with Crippen molar-refractivity contribution in [1.82, 2.24) is 53.2 Å². The standard InChI is InChI=1S/C64H102N10O10/c1-35(2)27-45-55(75)67-49(31-39(9)10)61(81)73-53(41(13)14)63(83)72-48(30-38(7)8)58(78)70-52(34-44-25-21-18-22-26-44)60(80)66-46(28-36(3)4)56(76)68-50(32-40(11)12)62(82)74-54(42(15)16)64(84)71-47(29-37(5)6)57(77)69-51(59(79)65-45)33-43-23-19-17-20-24-43/h17-26,35-42,45-54H,27-34H2,1-16H3,(H,65,79)(H,66,80)(H,67,75)(H,68,76)(H,69,77)(H,70,78)(H,71,84)(H,72,83)(H,73,81)(H,74,82)/t45-,46-,47+,48+,49+,50+,51-,52+,53+,54+/m0/s1. The van der Waals surface area contributed by atoms with E-state index in [-0.39, 0.29) is 86.9 Å². The van der Waals surface area contributed by atoms with Crippen LogP contribution in [0.15, 0.2) is 60.7 Å². The van der Waals surface area contributed by atoms with E-state index in [1.54, 1.807) is 76.2 Å². The highest BCUT2D eigenvalue weighted by Crippen LogP contribution is 2.17. The van der Waals surface area contributed by atoms with Crippen molar-refractivity contribution in [3.63, 3.8) is 0 Å². The van der Waals surface area contributed by atoms with E-state index in [4.69, 9.17) is 0 Å². The number of carbonyl (C=O) groups is 10. The molecule has 0 unspecified atom stereocenters. The molecule has 0 radical (unpaired) electrons. The molecule has 2 aromatic carbocycles. The summed E-state index contributed by atoms with van der Waals surface area (Å²) in [6.07, 6.45) is 0.827. The smallest absolute Gasteiger partial charge is 0.243 e. The topological polar surface area (TPSA) is 291 Å². The summed E-state index contributed by atoms with van der Waals surface area (Å²) >= 11 is 0. The molecule has 1 aliphatic heterocycles. The van der Waals surface area contributed by atoms with Crippen molar-refractivity contribution in [3.05, 3.63) is 71.8 Å². The normalized spacial score (nSPS) is 25.0. The Morgan fingerprint density at radius 1 is 0.250 bits per heavy atom. The lowest BCUT2D eigenvalue weighted by Gasteiger charge is -2.31. The maximum atomic E-state index is 14.7. The van der Waals surface area contributed by atoms with Gasteiger partial charge in [0, 0.05) is 12.8 Å². The number of hydrogen-bond donors (Lipinski definition) is 10. The summed E-state index contributed by atoms with van der Waals surface area (Å²) < 4.78 is 0. The molecule has 84 heavy (non-hydrogen) atoms. The fourth-order valence-electron chi connectivity index (χ4n) is 10.1. The Balaban J connectivity index is 2.29. The minimum atomic E-state index is -1.27. The first-order valence-corrected chi connectivity index (χ1v) is 30.5. The third-order valence-electron chi connectivity index (χ3n) is 14.4. The molecular weight excluding hydrogens is 1070 g/mol. The van der Waals surface area contributed by atoms with E-state index in [0.717, 1.165) is 0 Å². The van der Waals surface area contributed by atoms with Crippen molar-refractivity contribution in [2.75, 3.05) is 0 Å². The molecule has 1 aliphatic rings. The zero-order chi connectivity index (χ0) is 63.1. The second kappa shape index (κ2) is 34.8. The van der Waals surface area contributed by atoms with E-state index in [9.17, 15) is 47.9 Å². The summed E-state index contributed by atoms with van der Waals surface area (Å²) in [5, 5.41) is 28.6. The van der Waals surface area contributed by atoms with Crippen molar-refractivity contribution < 1.29 is 47.9 Å². The van der Waals surface area contributed by atoms with E-state index in [2.05, 4.69) is 53.2 Å². The second-order valence-electron chi connectivity index (χ2n) is 26.1. The summed E-state index contributed by atoms with van der Waals surface area (Å²) in [5.41, 5.74) is 1.38. The van der Waals surface area contributed by atoms with Gasteiger partial charge in [-0.2, -0.15) is 0 Å². The molecule has 10 atom stereocenters. The minimum Gasteiger partial charge on any atom is -0.343 e. The number of nitrogens with one attached hydrogen (secondary N) is 10. The van der Waals surface area contributed by atoms with Gasteiger partial charge in [0.05, 0.1) is 0 Å². The van der Waals surface area contributed by atoms with E-state index in [1.165, 1.54) is 0 Å². The maximum absolute atomic E-state index is 14.7. The van der Waals surface area contributed by atoms with Gasteiger partial charge in [0.15, 0.2) is 0 Å². The van der Waals surface area contributed by atoms with Gasteiger partial charge < -0.3 is 53.2 Å². The predicted molar refractivity (Wildman–Crippen MR) is 326 cm³/mol. The van der Waals surface area contributed by atoms with Crippen LogP contribution < -0.4 is 53.2 Å². The molecule has 0 saturated carbocycles. The third kappa shape index (κ3) is 24.8. The Kier molecular flexibility index (Phi) is 29.6. The number of amides is 10. The first-order chi connectivity index (χ1) is 39.3. The van der Waals surface area contributed by atoms with Crippen LogP contribution in [0.5, 0.6) is 0 Å². The van der Waals surface area contributed by atoms with Crippen LogP contribution in [0.4, 0.5) is 0 Å². The summed E-state index contributed by atoms with van der Waals surface area (Å²) in [7, 11) is 0. The van der Waals surface area contributed by atoms with Gasteiger partial charge in [-0.15, -0.1) is 0 Å². The molecule has 1 saturated heterocycles. The monoisotopic (exact) mass is 1170 g/mol. The lowest BCUT2D eigenvalue weighted by Crippen LogP contribution is -2.62. The van der Waals surface area contributed by atoms with Crippen LogP contribution in [0.2, 0.25) is 0 Å². The lowest BCUT2D eigenvalue weighted by atomic mass is 9.96. The first-order valence-electron chi connectivity index (χ1n) is 30.5. The minimum absolute atomic E-state index is 0.00287. The molecule has 1 heterocycles. The SMILES string of the molecule is CC(C)C[C@@H]1NC(=O)[C@H](Cc2ccccc2)NC(=O)[C@@H](CC(C)C)NC(=O)[C@@H](C(C)C)NC(=O)[C@@H](CC(C)C)NC(=O)[C@H](CC(C)C)NC(=O)[C@@H](Cc2ccccc2)NC(=O)[C@@H](CC(C)C)NC(=O)[C@@H](C(C)C)NC(=O)[C@@H](CC(C)C)NC1=O. The molecule has 20 nitrogen and oxygen atoms in total. The summed E-state index contributed by atoms with van der Waals surface area (Å²) in [6, 6.07) is 5.81. The molecule has 1 fully saturated rings. The van der Waals surface area contributed by atoms with Gasteiger partial charge in [-0.1, -0.05) is 171 Å². The van der Waals surface area contributed by atoms with Gasteiger partial charge in [0.2, 0.25) is 59.1 Å². The van der Waals surface area contributed by atoms with Crippen LogP contribution in [0.25, 0.3) is 0 Å². The van der Waals surface area contributed by atoms with Gasteiger partial charge >= 0.3 is 0 Å². The summed E-state index contributed by atoms with van der Waals surface area (Å²) in [6.45, 7) is 29.4. The van der Waals surface area contributed by atoms with Crippen molar-refractivity contribution in [1.29, 1.82) is 0 Å². The molecule has 10 amide bonds. The number of hydrogen-bond acceptors (Lipinski definition) is 10. The molecule has 0 aliphatic carbocycles. The Morgan fingerprint density at radius 3 is 0.631 bits per heavy atom. The number of carbonyl (C=O) groups excluding carboxylic acids is 10. The largest absolute Gasteiger partial charge is 0.343 e. The van der Waals surface area contributed by atoms with Crippen LogP contribution in [0.1, 0.15) is 160 Å². The van der Waals surface area contributed by atoms with Gasteiger partial charge in [-0.05, 0) is 97.0 Å². The fourth-order valence-corrected chi connectivity index (χ4v) is 10.1. The molecule has 3 rings (SSSR count). The molecule has 20 heteroatoms. The highest BCUT2D eigenvalue weighted by molar-refractivity contribution is 5.99. The van der Waals surface area contributed by atoms with Gasteiger partial charge in [0.1, 0.15) is 60.4 Å². The number of benzene rings is 2. The summed E-state index contributed by atoms with van der Waals surface area (Å²) in [4.78, 5) is 146. The summed E-state index contributed by atoms with van der Waals surface area (Å²) in [5.74, 6) is -8.73. The van der Waals surface area contributed by atoms with Gasteiger partial charge in [-0.3, -0.25) is 47.9 Å². The molecule has 0 aromatic heterocycles. The van der Waals surface area contributed by atoms with Crippen molar-refractivity contribution in [2.45, 2.75) is 223 Å². The zero-order valence-corrected chi connectivity index (χ0v) is 52.9. The van der Waals surface area contributed by atoms with Crippen LogP contribution in [0, 0.1) is 47.3 Å². The van der Waals surface area contributed by atoms with Crippen molar-refractivity contribution >= 4 is 59.1 Å². The van der Waals surface area contributed by atoms with E-state index < -0.39 is 131 Å². The van der Waals surface area contributed by atoms with Crippen LogP contribution in [0.3, 0.4) is 0 Å². The Morgan fingerprint density at radius 2 is 0.429 bits per heavy atom. The second-order valence-corrected chi connectivity index (χ2v) is 26.1. The third-order valence-corrected chi connectivity index (χ3v) is 14.4. The number of rotatable bonds is 18. The van der Waals surface area contributed by atoms with Crippen LogP contribution in [-0.2, 0) is 60.8 Å².